The number of carbonyl (C=O) groups is 1. The number of hydrogen-bond donors (Lipinski definition) is 0. The summed E-state index contributed by atoms with van der Waals surface area (Å²) < 4.78 is 32.9. The molecule has 0 unspecified atom stereocenters. The van der Waals surface area contributed by atoms with Gasteiger partial charge in [-0.25, -0.2) is 0 Å². The molecule has 1 aromatic carbocycles. The van der Waals surface area contributed by atoms with Gasteiger partial charge in [-0.05, 0) is 18.1 Å². The number of hydrogen-bond acceptors (Lipinski definition) is 5. The van der Waals surface area contributed by atoms with Crippen LogP contribution in [0.25, 0.3) is 0 Å². The van der Waals surface area contributed by atoms with E-state index in [1.165, 1.54) is 0 Å². The van der Waals surface area contributed by atoms with Gasteiger partial charge in [-0.1, -0.05) is 49.1 Å². The average Bonchev–Trinajstić information content (AvgIpc) is 2.58. The fourth-order valence-electron chi connectivity index (χ4n) is 2.62. The second-order valence-electron chi connectivity index (χ2n) is 6.05. The highest BCUT2D eigenvalue weighted by atomic mass is 32.2. The number of allylic oxidation sites excluding steroid dienone is 1. The molecule has 0 aromatic heterocycles. The second-order valence-corrected chi connectivity index (χ2v) is 7.62. The van der Waals surface area contributed by atoms with Crippen LogP contribution < -0.4 is 0 Å². The summed E-state index contributed by atoms with van der Waals surface area (Å²) >= 11 is 0. The third kappa shape index (κ3) is 5.06. The summed E-state index contributed by atoms with van der Waals surface area (Å²) in [7, 11) is -3.66. The molecule has 0 radical (unpaired) electrons. The zero-order chi connectivity index (χ0) is 19.3. The Hall–Kier alpha value is -2.38. The molecule has 1 saturated heterocycles. The van der Waals surface area contributed by atoms with Crippen LogP contribution in [0, 0.1) is 0 Å². The summed E-state index contributed by atoms with van der Waals surface area (Å²) in [5.41, 5.74) is 1.52. The number of ether oxygens (including phenoxy) is 1. The van der Waals surface area contributed by atoms with Crippen molar-refractivity contribution in [1.82, 2.24) is 4.90 Å². The Balaban J connectivity index is 2.19. The lowest BCUT2D eigenvalue weighted by Gasteiger charge is -2.45. The highest BCUT2D eigenvalue weighted by molar-refractivity contribution is 7.86. The van der Waals surface area contributed by atoms with Gasteiger partial charge in [-0.15, -0.1) is 6.58 Å². The van der Waals surface area contributed by atoms with Crippen molar-refractivity contribution in [3.05, 3.63) is 72.5 Å². The highest BCUT2D eigenvalue weighted by Crippen LogP contribution is 2.29. The molecule has 1 amide bonds. The Morgan fingerprint density at radius 1 is 1.31 bits per heavy atom. The lowest BCUT2D eigenvalue weighted by atomic mass is 9.94. The zero-order valence-corrected chi connectivity index (χ0v) is 15.7. The molecule has 26 heavy (non-hydrogen) atoms. The van der Waals surface area contributed by atoms with Gasteiger partial charge >= 0.3 is 10.1 Å². The quantitative estimate of drug-likeness (QED) is 0.217. The molecule has 1 aliphatic heterocycles. The summed E-state index contributed by atoms with van der Waals surface area (Å²) in [5, 5.41) is 0. The van der Waals surface area contributed by atoms with Crippen LogP contribution in [0.3, 0.4) is 0 Å². The van der Waals surface area contributed by atoms with Gasteiger partial charge < -0.3 is 13.8 Å². The van der Waals surface area contributed by atoms with Crippen LogP contribution in [-0.4, -0.2) is 44.2 Å². The van der Waals surface area contributed by atoms with E-state index >= 15 is 0 Å². The molecule has 0 bridgehead atoms. The lowest BCUT2D eigenvalue weighted by Crippen LogP contribution is -2.64. The molecular formula is C19H23NO5S. The summed E-state index contributed by atoms with van der Waals surface area (Å²) in [4.78, 5) is 14.1. The van der Waals surface area contributed by atoms with Crippen molar-refractivity contribution in [3.8, 4) is 0 Å². The third-order valence-electron chi connectivity index (χ3n) is 3.90. The Bertz CT molecular complexity index is 814. The van der Waals surface area contributed by atoms with Gasteiger partial charge in [0, 0.05) is 6.54 Å². The maximum Gasteiger partial charge on any atom is 0.306 e. The third-order valence-corrected chi connectivity index (χ3v) is 4.40. The molecule has 0 saturated carbocycles. The maximum atomic E-state index is 12.5. The first kappa shape index (κ1) is 19.9. The van der Waals surface area contributed by atoms with E-state index in [1.807, 2.05) is 30.3 Å². The predicted octanol–water partition coefficient (Wildman–Crippen LogP) is 2.40. The average molecular weight is 377 g/mol. The summed E-state index contributed by atoms with van der Waals surface area (Å²) in [6, 6.07) is 9.25. The number of rotatable bonds is 9. The van der Waals surface area contributed by atoms with Crippen molar-refractivity contribution < 1.29 is 22.1 Å². The topological polar surface area (TPSA) is 72.9 Å². The van der Waals surface area contributed by atoms with E-state index in [-0.39, 0.29) is 24.3 Å². The van der Waals surface area contributed by atoms with Gasteiger partial charge in [-0.3, -0.25) is 4.79 Å². The first-order chi connectivity index (χ1) is 12.2. The van der Waals surface area contributed by atoms with Gasteiger partial charge in [0.25, 0.3) is 5.91 Å². The van der Waals surface area contributed by atoms with Gasteiger partial charge in [-0.2, -0.15) is 8.42 Å². The Kier molecular flexibility index (Phi) is 6.39. The summed E-state index contributed by atoms with van der Waals surface area (Å²) in [6.45, 7) is 9.59. The van der Waals surface area contributed by atoms with E-state index in [4.69, 9.17) is 8.92 Å². The van der Waals surface area contributed by atoms with Crippen molar-refractivity contribution in [2.75, 3.05) is 12.9 Å². The molecule has 140 valence electrons. The molecule has 1 aliphatic rings. The number of benzene rings is 1. The van der Waals surface area contributed by atoms with Crippen LogP contribution >= 0.6 is 0 Å². The van der Waals surface area contributed by atoms with Gasteiger partial charge in [0.2, 0.25) is 0 Å². The van der Waals surface area contributed by atoms with E-state index in [2.05, 4.69) is 13.2 Å². The van der Waals surface area contributed by atoms with Crippen LogP contribution in [0.2, 0.25) is 0 Å². The molecule has 0 N–H and O–H groups in total. The lowest BCUT2D eigenvalue weighted by molar-refractivity contribution is -0.169. The van der Waals surface area contributed by atoms with Crippen LogP contribution in [0.15, 0.2) is 67.0 Å². The Morgan fingerprint density at radius 2 is 1.96 bits per heavy atom. The molecule has 0 aliphatic carbocycles. The number of β-lactam (4-membered cyclic amide) rings is 1. The van der Waals surface area contributed by atoms with Crippen LogP contribution in [0.1, 0.15) is 12.5 Å². The first-order valence-electron chi connectivity index (χ1n) is 8.07. The van der Waals surface area contributed by atoms with Crippen molar-refractivity contribution in [1.29, 1.82) is 0 Å². The number of carbonyl (C=O) groups excluding carboxylic acids is 1. The minimum atomic E-state index is -3.66. The second kappa shape index (κ2) is 8.33. The van der Waals surface area contributed by atoms with Crippen LogP contribution in [-0.2, 0) is 30.4 Å². The van der Waals surface area contributed by atoms with E-state index in [1.54, 1.807) is 24.0 Å². The van der Waals surface area contributed by atoms with Crippen LogP contribution in [0.5, 0.6) is 0 Å². The molecular weight excluding hydrogens is 354 g/mol. The minimum absolute atomic E-state index is 0.0222. The molecule has 1 fully saturated rings. The standard InChI is InChI=1S/C19H23NO5S/c1-5-11-24-18-17(12-14(2)15(3)25-26(4,22)23)20(19(18)21)13-16-9-7-6-8-10-16/h5-10,12,17-18H,1,3,11,13H2,2,4H3/b14-12+/t17-,18+/m0/s1. The number of likely N-dealkylation sites (tertiary alicyclic amines) is 1. The van der Waals surface area contributed by atoms with E-state index in [9.17, 15) is 13.2 Å². The molecule has 6 nitrogen and oxygen atoms in total. The van der Waals surface area contributed by atoms with Crippen molar-refractivity contribution >= 4 is 16.0 Å². The van der Waals surface area contributed by atoms with Gasteiger partial charge in [0.15, 0.2) is 6.10 Å². The SMILES string of the molecule is C=CCO[C@H]1C(=O)N(Cc2ccccc2)[C@H]1/C=C(\C)C(=C)OS(C)(=O)=O. The van der Waals surface area contributed by atoms with Crippen molar-refractivity contribution in [2.24, 2.45) is 0 Å². The van der Waals surface area contributed by atoms with E-state index < -0.39 is 16.2 Å². The molecule has 1 heterocycles. The van der Waals surface area contributed by atoms with Gasteiger partial charge in [0.05, 0.1) is 18.9 Å². The van der Waals surface area contributed by atoms with E-state index in [0.717, 1.165) is 11.8 Å². The smallest absolute Gasteiger partial charge is 0.306 e. The normalized spacial score (nSPS) is 20.5. The molecule has 2 atom stereocenters. The highest BCUT2D eigenvalue weighted by Gasteiger charge is 2.46. The maximum absolute atomic E-state index is 12.5. The van der Waals surface area contributed by atoms with E-state index in [0.29, 0.717) is 12.1 Å². The molecule has 1 aromatic rings. The summed E-state index contributed by atoms with van der Waals surface area (Å²) in [5.74, 6) is -0.103. The largest absolute Gasteiger partial charge is 0.383 e. The zero-order valence-electron chi connectivity index (χ0n) is 14.9. The molecule has 0 spiro atoms. The molecule has 2 rings (SSSR count). The fourth-order valence-corrected chi connectivity index (χ4v) is 3.11. The fraction of sp³-hybridized carbons (Fsp3) is 0.316. The van der Waals surface area contributed by atoms with Crippen molar-refractivity contribution in [3.63, 3.8) is 0 Å². The number of amides is 1. The monoisotopic (exact) mass is 377 g/mol. The van der Waals surface area contributed by atoms with Crippen LogP contribution in [0.4, 0.5) is 0 Å². The molecule has 7 heteroatoms. The minimum Gasteiger partial charge on any atom is -0.383 e. The van der Waals surface area contributed by atoms with Crippen molar-refractivity contribution in [2.45, 2.75) is 25.6 Å². The Morgan fingerprint density at radius 3 is 2.54 bits per heavy atom. The number of nitrogens with zero attached hydrogens (tertiary/aromatic N) is 1. The summed E-state index contributed by atoms with van der Waals surface area (Å²) in [6.07, 6.45) is 3.63. The first-order valence-corrected chi connectivity index (χ1v) is 9.88. The van der Waals surface area contributed by atoms with Gasteiger partial charge in [0.1, 0.15) is 5.76 Å². The predicted molar refractivity (Wildman–Crippen MR) is 99.5 cm³/mol. The Labute approximate surface area is 154 Å².